The van der Waals surface area contributed by atoms with Gasteiger partial charge in [0, 0.05) is 6.54 Å². The topological polar surface area (TPSA) is 21.3 Å². The van der Waals surface area contributed by atoms with E-state index in [2.05, 4.69) is 10.1 Å². The van der Waals surface area contributed by atoms with Gasteiger partial charge >= 0.3 is 6.36 Å². The van der Waals surface area contributed by atoms with Gasteiger partial charge in [0.05, 0.1) is 0 Å². The minimum atomic E-state index is -4.63. The van der Waals surface area contributed by atoms with Crippen molar-refractivity contribution in [2.45, 2.75) is 19.2 Å². The molecule has 1 aliphatic heterocycles. The molecule has 98 valence electrons. The summed E-state index contributed by atoms with van der Waals surface area (Å²) in [5, 5.41) is 3.26. The molecule has 1 fully saturated rings. The first-order valence-corrected chi connectivity index (χ1v) is 5.79. The second-order valence-electron chi connectivity index (χ2n) is 4.20. The summed E-state index contributed by atoms with van der Waals surface area (Å²) < 4.78 is 39.7. The van der Waals surface area contributed by atoms with Crippen molar-refractivity contribution in [1.29, 1.82) is 0 Å². The van der Waals surface area contributed by atoms with Gasteiger partial charge in [-0.1, -0.05) is 23.8 Å². The fraction of sp³-hybridized carbons (Fsp3) is 0.385. The van der Waals surface area contributed by atoms with Gasteiger partial charge in [-0.3, -0.25) is 0 Å². The van der Waals surface area contributed by atoms with E-state index >= 15 is 0 Å². The number of hydrogen-bond acceptors (Lipinski definition) is 2. The zero-order valence-electron chi connectivity index (χ0n) is 9.76. The maximum Gasteiger partial charge on any atom is 0.573 e. The van der Waals surface area contributed by atoms with Crippen molar-refractivity contribution in [1.82, 2.24) is 5.32 Å². The normalized spacial score (nSPS) is 18.9. The van der Waals surface area contributed by atoms with Crippen LogP contribution in [0.1, 0.15) is 18.4 Å². The molecule has 1 heterocycles. The van der Waals surface area contributed by atoms with Gasteiger partial charge in [-0.15, -0.1) is 13.2 Å². The highest BCUT2D eigenvalue weighted by atomic mass is 19.4. The van der Waals surface area contributed by atoms with Crippen molar-refractivity contribution in [2.24, 2.45) is 0 Å². The lowest BCUT2D eigenvalue weighted by molar-refractivity contribution is -0.274. The standard InChI is InChI=1S/C13H14F3NO/c14-13(15,16)18-12-5-3-10(4-6-12)8-11-2-1-7-17-9-11/h3-6,8,17H,1-2,7,9H2. The van der Waals surface area contributed by atoms with E-state index < -0.39 is 6.36 Å². The molecule has 1 aromatic rings. The van der Waals surface area contributed by atoms with Gasteiger partial charge in [0.2, 0.25) is 0 Å². The van der Waals surface area contributed by atoms with E-state index in [-0.39, 0.29) is 5.75 Å². The monoisotopic (exact) mass is 257 g/mol. The summed E-state index contributed by atoms with van der Waals surface area (Å²) in [5.74, 6) is -0.189. The number of halogens is 3. The quantitative estimate of drug-likeness (QED) is 0.877. The maximum atomic E-state index is 12.0. The molecule has 1 saturated heterocycles. The molecule has 0 atom stereocenters. The lowest BCUT2D eigenvalue weighted by Crippen LogP contribution is -2.23. The summed E-state index contributed by atoms with van der Waals surface area (Å²) in [6.45, 7) is 1.87. The summed E-state index contributed by atoms with van der Waals surface area (Å²) >= 11 is 0. The van der Waals surface area contributed by atoms with E-state index in [4.69, 9.17) is 0 Å². The molecular weight excluding hydrogens is 243 g/mol. The van der Waals surface area contributed by atoms with E-state index in [1.165, 1.54) is 17.7 Å². The fourth-order valence-electron chi connectivity index (χ4n) is 1.90. The second-order valence-corrected chi connectivity index (χ2v) is 4.20. The second kappa shape index (κ2) is 5.44. The number of rotatable bonds is 2. The zero-order valence-corrected chi connectivity index (χ0v) is 9.76. The Morgan fingerprint density at radius 1 is 1.17 bits per heavy atom. The van der Waals surface area contributed by atoms with Gasteiger partial charge < -0.3 is 10.1 Å². The minimum Gasteiger partial charge on any atom is -0.406 e. The van der Waals surface area contributed by atoms with Crippen LogP contribution < -0.4 is 10.1 Å². The number of ether oxygens (including phenoxy) is 1. The third-order valence-corrected chi connectivity index (χ3v) is 2.69. The molecule has 1 N–H and O–H groups in total. The van der Waals surface area contributed by atoms with Gasteiger partial charge in [-0.2, -0.15) is 0 Å². The summed E-state index contributed by atoms with van der Waals surface area (Å²) in [7, 11) is 0. The predicted octanol–water partition coefficient (Wildman–Crippen LogP) is 3.35. The Kier molecular flexibility index (Phi) is 3.91. The SMILES string of the molecule is FC(F)(F)Oc1ccc(C=C2CCCNC2)cc1. The minimum absolute atomic E-state index is 0.189. The van der Waals surface area contributed by atoms with E-state index in [1.807, 2.05) is 6.08 Å². The molecular formula is C13H14F3NO. The molecule has 0 radical (unpaired) electrons. The first-order valence-electron chi connectivity index (χ1n) is 5.79. The molecule has 1 aromatic carbocycles. The van der Waals surface area contributed by atoms with Crippen LogP contribution >= 0.6 is 0 Å². The first kappa shape index (κ1) is 13.0. The molecule has 2 nitrogen and oxygen atoms in total. The lowest BCUT2D eigenvalue weighted by atomic mass is 10.0. The lowest BCUT2D eigenvalue weighted by Gasteiger charge is -2.15. The highest BCUT2D eigenvalue weighted by Gasteiger charge is 2.30. The van der Waals surface area contributed by atoms with Crippen molar-refractivity contribution < 1.29 is 17.9 Å². The van der Waals surface area contributed by atoms with Crippen LogP contribution in [0.5, 0.6) is 5.75 Å². The van der Waals surface area contributed by atoms with Gasteiger partial charge in [0.1, 0.15) is 5.75 Å². The predicted molar refractivity (Wildman–Crippen MR) is 63.2 cm³/mol. The molecule has 0 bridgehead atoms. The van der Waals surface area contributed by atoms with Crippen LogP contribution in [0.2, 0.25) is 0 Å². The number of piperidine rings is 1. The number of benzene rings is 1. The average molecular weight is 257 g/mol. The summed E-state index contributed by atoms with van der Waals surface area (Å²) in [4.78, 5) is 0. The van der Waals surface area contributed by atoms with Crippen LogP contribution in [0.4, 0.5) is 13.2 Å². The van der Waals surface area contributed by atoms with Crippen LogP contribution in [0.15, 0.2) is 29.8 Å². The molecule has 2 rings (SSSR count). The van der Waals surface area contributed by atoms with Crippen LogP contribution in [-0.2, 0) is 0 Å². The molecule has 0 aromatic heterocycles. The van der Waals surface area contributed by atoms with E-state index in [1.54, 1.807) is 12.1 Å². The van der Waals surface area contributed by atoms with Crippen LogP contribution in [0.3, 0.4) is 0 Å². The molecule has 0 unspecified atom stereocenters. The summed E-state index contributed by atoms with van der Waals surface area (Å²) in [5.41, 5.74) is 2.16. The number of hydrogen-bond donors (Lipinski definition) is 1. The Balaban J connectivity index is 2.03. The van der Waals surface area contributed by atoms with E-state index in [9.17, 15) is 13.2 Å². The largest absolute Gasteiger partial charge is 0.573 e. The average Bonchev–Trinajstić information content (AvgIpc) is 2.31. The molecule has 0 saturated carbocycles. The van der Waals surface area contributed by atoms with E-state index in [0.29, 0.717) is 0 Å². The van der Waals surface area contributed by atoms with Crippen molar-refractivity contribution in [2.75, 3.05) is 13.1 Å². The highest BCUT2D eigenvalue weighted by molar-refractivity contribution is 5.54. The Bertz CT molecular complexity index is 415. The van der Waals surface area contributed by atoms with Crippen LogP contribution in [0.25, 0.3) is 6.08 Å². The van der Waals surface area contributed by atoms with Crippen LogP contribution in [0, 0.1) is 0 Å². The zero-order chi connectivity index (χ0) is 13.0. The van der Waals surface area contributed by atoms with Crippen molar-refractivity contribution in [3.63, 3.8) is 0 Å². The van der Waals surface area contributed by atoms with Gasteiger partial charge in [0.15, 0.2) is 0 Å². The first-order chi connectivity index (χ1) is 8.53. The molecule has 0 amide bonds. The number of alkyl halides is 3. The molecule has 5 heteroatoms. The van der Waals surface area contributed by atoms with Crippen molar-refractivity contribution in [3.8, 4) is 5.75 Å². The fourth-order valence-corrected chi connectivity index (χ4v) is 1.90. The number of nitrogens with one attached hydrogen (secondary N) is 1. The molecule has 0 spiro atoms. The molecule has 18 heavy (non-hydrogen) atoms. The smallest absolute Gasteiger partial charge is 0.406 e. The van der Waals surface area contributed by atoms with Crippen molar-refractivity contribution >= 4 is 6.08 Å². The summed E-state index contributed by atoms with van der Waals surface area (Å²) in [6.07, 6.45) is -0.494. The maximum absolute atomic E-state index is 12.0. The Morgan fingerprint density at radius 2 is 1.89 bits per heavy atom. The van der Waals surface area contributed by atoms with Gasteiger partial charge in [-0.25, -0.2) is 0 Å². The molecule has 1 aliphatic rings. The Hall–Kier alpha value is -1.49. The molecule has 0 aliphatic carbocycles. The third-order valence-electron chi connectivity index (χ3n) is 2.69. The van der Waals surface area contributed by atoms with Crippen LogP contribution in [-0.4, -0.2) is 19.5 Å². The van der Waals surface area contributed by atoms with Gasteiger partial charge in [0.25, 0.3) is 0 Å². The summed E-state index contributed by atoms with van der Waals surface area (Å²) in [6, 6.07) is 5.91. The Morgan fingerprint density at radius 3 is 2.44 bits per heavy atom. The van der Waals surface area contributed by atoms with Crippen molar-refractivity contribution in [3.05, 3.63) is 35.4 Å². The Labute approximate surface area is 103 Å². The third kappa shape index (κ3) is 4.07. The van der Waals surface area contributed by atoms with Gasteiger partial charge in [-0.05, 0) is 37.1 Å². The van der Waals surface area contributed by atoms with E-state index in [0.717, 1.165) is 31.5 Å². The highest BCUT2D eigenvalue weighted by Crippen LogP contribution is 2.23.